The Morgan fingerprint density at radius 3 is 2.58 bits per heavy atom. The van der Waals surface area contributed by atoms with Gasteiger partial charge in [0.1, 0.15) is 6.07 Å². The van der Waals surface area contributed by atoms with Gasteiger partial charge >= 0.3 is 0 Å². The van der Waals surface area contributed by atoms with Gasteiger partial charge in [0.2, 0.25) is 0 Å². The van der Waals surface area contributed by atoms with E-state index in [-0.39, 0.29) is 0 Å². The van der Waals surface area contributed by atoms with Crippen molar-refractivity contribution < 1.29 is 0 Å². The van der Waals surface area contributed by atoms with E-state index in [2.05, 4.69) is 67.1 Å². The summed E-state index contributed by atoms with van der Waals surface area (Å²) in [6, 6.07) is 13.1. The highest BCUT2D eigenvalue weighted by Crippen LogP contribution is 2.18. The Bertz CT molecular complexity index is 1340. The molecule has 0 radical (unpaired) electrons. The van der Waals surface area contributed by atoms with Crippen LogP contribution in [-0.4, -0.2) is 39.5 Å². The maximum atomic E-state index is 9.98. The molecule has 5 nitrogen and oxygen atoms in total. The standard InChI is InChI=1S/C26H29N5/c1-6-9-23-21(25(12-17(2)3)30-15-18(4)28-19(5)16-30)13-20(14-27)26-29-22-10-7-8-11-24(22)31(23)26/h6-13,18-19,28H,1,15-16H2,2-5H3/b23-9-,25-21+/t18-,19+. The fraction of sp³-hybridized carbons (Fsp3) is 0.308. The smallest absolute Gasteiger partial charge is 0.156 e. The third kappa shape index (κ3) is 3.87. The third-order valence-corrected chi connectivity index (χ3v) is 5.60. The van der Waals surface area contributed by atoms with Gasteiger partial charge in [0.05, 0.1) is 21.9 Å². The van der Waals surface area contributed by atoms with Crippen LogP contribution < -0.4 is 15.9 Å². The van der Waals surface area contributed by atoms with E-state index in [9.17, 15) is 5.26 Å². The summed E-state index contributed by atoms with van der Waals surface area (Å²) in [7, 11) is 0. The third-order valence-electron chi connectivity index (χ3n) is 5.60. The first-order chi connectivity index (χ1) is 14.9. The van der Waals surface area contributed by atoms with Crippen LogP contribution >= 0.6 is 0 Å². The monoisotopic (exact) mass is 411 g/mol. The van der Waals surface area contributed by atoms with E-state index in [0.717, 1.165) is 40.4 Å². The number of aromatic nitrogens is 2. The first kappa shape index (κ1) is 20.9. The van der Waals surface area contributed by atoms with Gasteiger partial charge in [0.15, 0.2) is 5.65 Å². The van der Waals surface area contributed by atoms with E-state index in [0.29, 0.717) is 23.3 Å². The summed E-state index contributed by atoms with van der Waals surface area (Å²) >= 11 is 0. The number of hydrogen-bond donors (Lipinski definition) is 1. The molecule has 2 aromatic heterocycles. The largest absolute Gasteiger partial charge is 0.368 e. The molecule has 0 spiro atoms. The van der Waals surface area contributed by atoms with Crippen molar-refractivity contribution in [2.24, 2.45) is 0 Å². The Morgan fingerprint density at radius 2 is 1.94 bits per heavy atom. The second-order valence-corrected chi connectivity index (χ2v) is 8.61. The van der Waals surface area contributed by atoms with Crippen LogP contribution in [0.3, 0.4) is 0 Å². The molecule has 3 heterocycles. The van der Waals surface area contributed by atoms with Crippen LogP contribution in [0, 0.1) is 11.3 Å². The van der Waals surface area contributed by atoms with Gasteiger partial charge in [-0.1, -0.05) is 30.4 Å². The lowest BCUT2D eigenvalue weighted by Crippen LogP contribution is -2.54. The van der Waals surface area contributed by atoms with E-state index >= 15 is 0 Å². The zero-order valence-corrected chi connectivity index (χ0v) is 18.7. The summed E-state index contributed by atoms with van der Waals surface area (Å²) in [6.07, 6.45) is 6.06. The molecule has 31 heavy (non-hydrogen) atoms. The van der Waals surface area contributed by atoms with Crippen LogP contribution in [0.1, 0.15) is 33.3 Å². The molecular formula is C26H29N5. The molecule has 0 aliphatic carbocycles. The Kier molecular flexibility index (Phi) is 5.67. The van der Waals surface area contributed by atoms with Crippen molar-refractivity contribution in [3.05, 3.63) is 70.8 Å². The van der Waals surface area contributed by atoms with Crippen LogP contribution in [0.25, 0.3) is 28.5 Å². The lowest BCUT2D eigenvalue weighted by molar-refractivity contribution is 0.243. The van der Waals surface area contributed by atoms with Crippen LogP contribution in [0.5, 0.6) is 0 Å². The molecule has 0 saturated carbocycles. The maximum Gasteiger partial charge on any atom is 0.156 e. The van der Waals surface area contributed by atoms with E-state index in [4.69, 9.17) is 4.98 Å². The van der Waals surface area contributed by atoms with E-state index in [1.54, 1.807) is 0 Å². The topological polar surface area (TPSA) is 56.4 Å². The molecular weight excluding hydrogens is 382 g/mol. The van der Waals surface area contributed by atoms with E-state index < -0.39 is 0 Å². The van der Waals surface area contributed by atoms with E-state index in [1.807, 2.05) is 36.4 Å². The number of fused-ring (bicyclic) bond motifs is 3. The van der Waals surface area contributed by atoms with Crippen molar-refractivity contribution in [2.75, 3.05) is 13.1 Å². The number of nitrogens with zero attached hydrogens (tertiary/aromatic N) is 4. The van der Waals surface area contributed by atoms with Gasteiger partial charge in [-0.25, -0.2) is 4.98 Å². The molecule has 1 saturated heterocycles. The molecule has 1 N–H and O–H groups in total. The zero-order valence-electron chi connectivity index (χ0n) is 18.7. The highest BCUT2D eigenvalue weighted by atomic mass is 15.2. The van der Waals surface area contributed by atoms with Gasteiger partial charge in [-0.15, -0.1) is 0 Å². The average Bonchev–Trinajstić information content (AvgIpc) is 3.11. The van der Waals surface area contributed by atoms with Crippen molar-refractivity contribution in [3.63, 3.8) is 0 Å². The average molecular weight is 412 g/mol. The van der Waals surface area contributed by atoms with Crippen molar-refractivity contribution in [2.45, 2.75) is 39.8 Å². The molecule has 0 unspecified atom stereocenters. The quantitative estimate of drug-likeness (QED) is 0.720. The van der Waals surface area contributed by atoms with Crippen molar-refractivity contribution in [1.29, 1.82) is 5.26 Å². The van der Waals surface area contributed by atoms with Crippen molar-refractivity contribution in [1.82, 2.24) is 19.6 Å². The lowest BCUT2D eigenvalue weighted by Gasteiger charge is -2.38. The number of piperazine rings is 1. The van der Waals surface area contributed by atoms with Gasteiger partial charge in [0.25, 0.3) is 0 Å². The summed E-state index contributed by atoms with van der Waals surface area (Å²) in [5.74, 6) is 0. The molecule has 3 aromatic rings. The molecule has 2 atom stereocenters. The number of benzene rings is 1. The number of rotatable bonds is 3. The first-order valence-corrected chi connectivity index (χ1v) is 10.8. The molecule has 1 aliphatic heterocycles. The Morgan fingerprint density at radius 1 is 1.23 bits per heavy atom. The Labute approximate surface area is 183 Å². The minimum Gasteiger partial charge on any atom is -0.368 e. The summed E-state index contributed by atoms with van der Waals surface area (Å²) < 4.78 is 2.10. The van der Waals surface area contributed by atoms with Crippen LogP contribution in [0.4, 0.5) is 0 Å². The highest BCUT2D eigenvalue weighted by Gasteiger charge is 2.23. The first-order valence-electron chi connectivity index (χ1n) is 10.8. The number of para-hydroxylation sites is 2. The van der Waals surface area contributed by atoms with Gasteiger partial charge < -0.3 is 10.2 Å². The number of nitrogens with one attached hydrogen (secondary N) is 1. The number of hydrogen-bond acceptors (Lipinski definition) is 4. The Balaban J connectivity index is 2.22. The summed E-state index contributed by atoms with van der Waals surface area (Å²) in [6.45, 7) is 14.4. The number of nitriles is 1. The zero-order chi connectivity index (χ0) is 22.1. The second kappa shape index (κ2) is 8.41. The van der Waals surface area contributed by atoms with Crippen molar-refractivity contribution in [3.8, 4) is 6.07 Å². The number of allylic oxidation sites excluding steroid dienone is 2. The summed E-state index contributed by atoms with van der Waals surface area (Å²) in [4.78, 5) is 7.20. The fourth-order valence-electron chi connectivity index (χ4n) is 4.55. The minimum absolute atomic E-state index is 0.379. The Hall–Kier alpha value is -3.36. The van der Waals surface area contributed by atoms with Crippen LogP contribution in [0.2, 0.25) is 0 Å². The molecule has 158 valence electrons. The fourth-order valence-corrected chi connectivity index (χ4v) is 4.55. The predicted molar refractivity (Wildman–Crippen MR) is 128 cm³/mol. The van der Waals surface area contributed by atoms with Crippen LogP contribution in [-0.2, 0) is 0 Å². The molecule has 1 aliphatic rings. The summed E-state index contributed by atoms with van der Waals surface area (Å²) in [5.41, 5.74) is 5.46. The summed E-state index contributed by atoms with van der Waals surface area (Å²) in [5, 5.41) is 15.6. The number of imidazole rings is 1. The second-order valence-electron chi connectivity index (χ2n) is 8.61. The maximum absolute atomic E-state index is 9.98. The van der Waals surface area contributed by atoms with Gasteiger partial charge in [-0.2, -0.15) is 5.26 Å². The molecule has 1 fully saturated rings. The predicted octanol–water partition coefficient (Wildman–Crippen LogP) is 3.08. The van der Waals surface area contributed by atoms with E-state index in [1.165, 1.54) is 5.57 Å². The lowest BCUT2D eigenvalue weighted by atomic mass is 10.1. The van der Waals surface area contributed by atoms with Crippen molar-refractivity contribution >= 4 is 28.5 Å². The molecule has 0 bridgehead atoms. The molecule has 5 heteroatoms. The highest BCUT2D eigenvalue weighted by molar-refractivity contribution is 5.82. The normalized spacial score (nSPS) is 20.6. The molecule has 4 rings (SSSR count). The van der Waals surface area contributed by atoms with Crippen LogP contribution in [0.15, 0.2) is 54.6 Å². The minimum atomic E-state index is 0.379. The molecule has 0 amide bonds. The van der Waals surface area contributed by atoms with Gasteiger partial charge in [-0.3, -0.25) is 4.40 Å². The number of pyridine rings is 1. The van der Waals surface area contributed by atoms with Gasteiger partial charge in [-0.05, 0) is 58.0 Å². The van der Waals surface area contributed by atoms with Gasteiger partial charge in [0, 0.05) is 36.1 Å². The SMILES string of the molecule is C=C/C=c1/c(=C(\C=C(C)C)N2C[C@@H](C)N[C@@H](C)C2)cc(C#N)c2nc3ccccc3n12. The molecule has 1 aromatic carbocycles.